The van der Waals surface area contributed by atoms with Gasteiger partial charge in [0.25, 0.3) is 0 Å². The van der Waals surface area contributed by atoms with Crippen molar-refractivity contribution in [3.8, 4) is 0 Å². The molecule has 1 saturated heterocycles. The third-order valence-electron chi connectivity index (χ3n) is 3.69. The molecular weight excluding hydrogens is 241 g/mol. The van der Waals surface area contributed by atoms with Crippen molar-refractivity contribution in [1.29, 1.82) is 0 Å². The molecule has 19 heavy (non-hydrogen) atoms. The summed E-state index contributed by atoms with van der Waals surface area (Å²) in [5.74, 6) is -0.185. The topological polar surface area (TPSA) is 21.3 Å². The van der Waals surface area contributed by atoms with Crippen LogP contribution in [0, 0.1) is 5.82 Å². The molecule has 0 aromatic heterocycles. The monoisotopic (exact) mass is 263 g/mol. The van der Waals surface area contributed by atoms with Crippen molar-refractivity contribution in [1.82, 2.24) is 5.32 Å². The standard InChI is InChI=1S/C16H22FNO/c1-13(2)7-10-18-16(8-11-19-12-9-16)14-3-5-15(17)6-4-14/h3-7,18H,8-12H2,1-2H3. The van der Waals surface area contributed by atoms with E-state index in [0.29, 0.717) is 0 Å². The maximum Gasteiger partial charge on any atom is 0.123 e. The van der Waals surface area contributed by atoms with Crippen LogP contribution in [0.25, 0.3) is 0 Å². The van der Waals surface area contributed by atoms with Crippen LogP contribution >= 0.6 is 0 Å². The van der Waals surface area contributed by atoms with Gasteiger partial charge in [0.15, 0.2) is 0 Å². The summed E-state index contributed by atoms with van der Waals surface area (Å²) in [5.41, 5.74) is 2.37. The fraction of sp³-hybridized carbons (Fsp3) is 0.500. The van der Waals surface area contributed by atoms with Gasteiger partial charge in [-0.05, 0) is 44.4 Å². The van der Waals surface area contributed by atoms with Gasteiger partial charge in [0.2, 0.25) is 0 Å². The van der Waals surface area contributed by atoms with Gasteiger partial charge < -0.3 is 10.1 Å². The minimum Gasteiger partial charge on any atom is -0.381 e. The van der Waals surface area contributed by atoms with E-state index in [1.54, 1.807) is 0 Å². The van der Waals surface area contributed by atoms with E-state index in [4.69, 9.17) is 4.74 Å². The van der Waals surface area contributed by atoms with Gasteiger partial charge in [-0.15, -0.1) is 0 Å². The quantitative estimate of drug-likeness (QED) is 0.841. The second-order valence-electron chi connectivity index (χ2n) is 5.36. The third-order valence-corrected chi connectivity index (χ3v) is 3.69. The van der Waals surface area contributed by atoms with E-state index in [-0.39, 0.29) is 11.4 Å². The average Bonchev–Trinajstić information content (AvgIpc) is 2.40. The Kier molecular flexibility index (Phi) is 4.72. The lowest BCUT2D eigenvalue weighted by molar-refractivity contribution is 0.0381. The van der Waals surface area contributed by atoms with Gasteiger partial charge in [0, 0.05) is 25.3 Å². The lowest BCUT2D eigenvalue weighted by Crippen LogP contribution is -2.46. The summed E-state index contributed by atoms with van der Waals surface area (Å²) in [4.78, 5) is 0. The molecule has 0 bridgehead atoms. The minimum atomic E-state index is -0.185. The number of hydrogen-bond donors (Lipinski definition) is 1. The highest BCUT2D eigenvalue weighted by Gasteiger charge is 2.33. The zero-order valence-corrected chi connectivity index (χ0v) is 11.7. The Hall–Kier alpha value is -1.19. The maximum atomic E-state index is 13.1. The number of allylic oxidation sites excluding steroid dienone is 1. The zero-order chi connectivity index (χ0) is 13.7. The summed E-state index contributed by atoms with van der Waals surface area (Å²) >= 11 is 0. The molecule has 0 amide bonds. The Labute approximate surface area is 114 Å². The second-order valence-corrected chi connectivity index (χ2v) is 5.36. The van der Waals surface area contributed by atoms with E-state index >= 15 is 0 Å². The van der Waals surface area contributed by atoms with Crippen LogP contribution in [-0.4, -0.2) is 19.8 Å². The predicted molar refractivity (Wildman–Crippen MR) is 75.6 cm³/mol. The molecule has 0 saturated carbocycles. The molecule has 1 aromatic carbocycles. The Balaban J connectivity index is 2.18. The zero-order valence-electron chi connectivity index (χ0n) is 11.7. The number of benzene rings is 1. The van der Waals surface area contributed by atoms with Gasteiger partial charge in [-0.2, -0.15) is 0 Å². The molecule has 1 heterocycles. The molecule has 104 valence electrons. The van der Waals surface area contributed by atoms with Crippen molar-refractivity contribution in [2.75, 3.05) is 19.8 Å². The smallest absolute Gasteiger partial charge is 0.123 e. The van der Waals surface area contributed by atoms with Crippen LogP contribution in [-0.2, 0) is 10.3 Å². The lowest BCUT2D eigenvalue weighted by atomic mass is 9.82. The van der Waals surface area contributed by atoms with Crippen LogP contribution in [0.5, 0.6) is 0 Å². The van der Waals surface area contributed by atoms with Crippen molar-refractivity contribution >= 4 is 0 Å². The van der Waals surface area contributed by atoms with E-state index < -0.39 is 0 Å². The highest BCUT2D eigenvalue weighted by molar-refractivity contribution is 5.26. The SMILES string of the molecule is CC(C)=CCNC1(c2ccc(F)cc2)CCOCC1. The lowest BCUT2D eigenvalue weighted by Gasteiger charge is -2.38. The van der Waals surface area contributed by atoms with Gasteiger partial charge in [0.1, 0.15) is 5.82 Å². The van der Waals surface area contributed by atoms with Gasteiger partial charge in [-0.25, -0.2) is 4.39 Å². The van der Waals surface area contributed by atoms with Crippen molar-refractivity contribution in [2.45, 2.75) is 32.2 Å². The highest BCUT2D eigenvalue weighted by Crippen LogP contribution is 2.32. The molecule has 3 heteroatoms. The van der Waals surface area contributed by atoms with E-state index in [9.17, 15) is 4.39 Å². The van der Waals surface area contributed by atoms with E-state index in [1.165, 1.54) is 17.7 Å². The van der Waals surface area contributed by atoms with Crippen LogP contribution in [0.3, 0.4) is 0 Å². The molecule has 1 aliphatic rings. The molecule has 2 nitrogen and oxygen atoms in total. The largest absolute Gasteiger partial charge is 0.381 e. The van der Waals surface area contributed by atoms with Gasteiger partial charge >= 0.3 is 0 Å². The number of halogens is 1. The summed E-state index contributed by atoms with van der Waals surface area (Å²) < 4.78 is 18.5. The summed E-state index contributed by atoms with van der Waals surface area (Å²) in [5, 5.41) is 3.62. The summed E-state index contributed by atoms with van der Waals surface area (Å²) in [6.07, 6.45) is 4.03. The van der Waals surface area contributed by atoms with Crippen LogP contribution in [0.15, 0.2) is 35.9 Å². The molecule has 1 N–H and O–H groups in total. The van der Waals surface area contributed by atoms with Crippen molar-refractivity contribution < 1.29 is 9.13 Å². The maximum absolute atomic E-state index is 13.1. The first-order chi connectivity index (χ1) is 9.12. The number of rotatable bonds is 4. The minimum absolute atomic E-state index is 0.0854. The van der Waals surface area contributed by atoms with Crippen LogP contribution in [0.1, 0.15) is 32.3 Å². The normalized spacial score (nSPS) is 18.1. The first-order valence-corrected chi connectivity index (χ1v) is 6.85. The van der Waals surface area contributed by atoms with Gasteiger partial charge in [-0.1, -0.05) is 23.8 Å². The first-order valence-electron chi connectivity index (χ1n) is 6.85. The number of hydrogen-bond acceptors (Lipinski definition) is 2. The predicted octanol–water partition coefficient (Wildman–Crippen LogP) is 3.39. The Morgan fingerprint density at radius 3 is 2.47 bits per heavy atom. The molecule has 0 atom stereocenters. The average molecular weight is 263 g/mol. The summed E-state index contributed by atoms with van der Waals surface area (Å²) in [6, 6.07) is 6.84. The third kappa shape index (κ3) is 3.64. The van der Waals surface area contributed by atoms with Crippen molar-refractivity contribution in [3.63, 3.8) is 0 Å². The van der Waals surface area contributed by atoms with Crippen LogP contribution < -0.4 is 5.32 Å². The molecule has 2 rings (SSSR count). The number of nitrogens with one attached hydrogen (secondary N) is 1. The van der Waals surface area contributed by atoms with Gasteiger partial charge in [0.05, 0.1) is 0 Å². The highest BCUT2D eigenvalue weighted by atomic mass is 19.1. The fourth-order valence-corrected chi connectivity index (χ4v) is 2.51. The van der Waals surface area contributed by atoms with E-state index in [0.717, 1.165) is 38.2 Å². The molecule has 0 radical (unpaired) electrons. The Morgan fingerprint density at radius 1 is 1.26 bits per heavy atom. The summed E-state index contributed by atoms with van der Waals surface area (Å²) in [6.45, 7) is 6.52. The van der Waals surface area contributed by atoms with E-state index in [1.807, 2.05) is 12.1 Å². The molecule has 1 aliphatic heterocycles. The Bertz CT molecular complexity index is 429. The molecule has 0 unspecified atom stereocenters. The van der Waals surface area contributed by atoms with Crippen molar-refractivity contribution in [3.05, 3.63) is 47.3 Å². The van der Waals surface area contributed by atoms with Crippen LogP contribution in [0.2, 0.25) is 0 Å². The van der Waals surface area contributed by atoms with Crippen LogP contribution in [0.4, 0.5) is 4.39 Å². The first kappa shape index (κ1) is 14.2. The fourth-order valence-electron chi connectivity index (χ4n) is 2.51. The molecular formula is C16H22FNO. The number of ether oxygens (including phenoxy) is 1. The second kappa shape index (κ2) is 6.31. The molecule has 1 fully saturated rings. The molecule has 0 spiro atoms. The molecule has 0 aliphatic carbocycles. The Morgan fingerprint density at radius 2 is 1.89 bits per heavy atom. The molecule has 1 aromatic rings. The van der Waals surface area contributed by atoms with Gasteiger partial charge in [-0.3, -0.25) is 0 Å². The van der Waals surface area contributed by atoms with Crippen molar-refractivity contribution in [2.24, 2.45) is 0 Å². The van der Waals surface area contributed by atoms with E-state index in [2.05, 4.69) is 25.2 Å². The summed E-state index contributed by atoms with van der Waals surface area (Å²) in [7, 11) is 0.